The summed E-state index contributed by atoms with van der Waals surface area (Å²) >= 11 is 5.72. The second kappa shape index (κ2) is 3.86. The van der Waals surface area contributed by atoms with Crippen molar-refractivity contribution in [3.63, 3.8) is 0 Å². The van der Waals surface area contributed by atoms with Crippen LogP contribution < -0.4 is 0 Å². The van der Waals surface area contributed by atoms with Crippen LogP contribution in [0.15, 0.2) is 12.3 Å². The van der Waals surface area contributed by atoms with Crippen molar-refractivity contribution in [2.45, 2.75) is 6.92 Å². The molecule has 1 N–H and O–H groups in total. The number of hydrogen-bond donors (Lipinski definition) is 1. The summed E-state index contributed by atoms with van der Waals surface area (Å²) in [6, 6.07) is 1.58. The van der Waals surface area contributed by atoms with Gasteiger partial charge in [0.2, 0.25) is 0 Å². The van der Waals surface area contributed by atoms with Gasteiger partial charge in [0.15, 0.2) is 5.69 Å². The number of pyridine rings is 1. The Hall–Kier alpha value is -1.62. The number of carbonyl (C=O) groups excluding carboxylic acids is 1. The molecule has 0 amide bonds. The topological polar surface area (TPSA) is 67.9 Å². The molecule has 2 rings (SSSR count). The Balaban J connectivity index is 2.52. The molecule has 2 aromatic heterocycles. The van der Waals surface area contributed by atoms with E-state index in [1.54, 1.807) is 13.0 Å². The Kier molecular flexibility index (Phi) is 2.55. The third kappa shape index (κ3) is 1.78. The summed E-state index contributed by atoms with van der Waals surface area (Å²) in [5.41, 5.74) is 0.888. The zero-order valence-corrected chi connectivity index (χ0v) is 8.71. The molecule has 0 saturated carbocycles. The van der Waals surface area contributed by atoms with E-state index in [-0.39, 0.29) is 5.69 Å². The quantitative estimate of drug-likeness (QED) is 0.625. The third-order valence-corrected chi connectivity index (χ3v) is 2.09. The molecule has 0 radical (unpaired) electrons. The predicted molar refractivity (Wildman–Crippen MR) is 54.9 cm³/mol. The van der Waals surface area contributed by atoms with E-state index in [0.29, 0.717) is 22.7 Å². The lowest BCUT2D eigenvalue weighted by Crippen LogP contribution is -2.05. The maximum absolute atomic E-state index is 11.5. The number of halogens is 1. The first kappa shape index (κ1) is 9.92. The Morgan fingerprint density at radius 2 is 2.47 bits per heavy atom. The number of H-pyrrole nitrogens is 1. The minimum Gasteiger partial charge on any atom is -0.461 e. The number of aromatic amines is 1. The van der Waals surface area contributed by atoms with E-state index in [9.17, 15) is 4.79 Å². The van der Waals surface area contributed by atoms with Gasteiger partial charge in [-0.3, -0.25) is 5.10 Å². The molecule has 0 bridgehead atoms. The Labute approximate surface area is 90.4 Å². The van der Waals surface area contributed by atoms with Crippen molar-refractivity contribution in [3.8, 4) is 0 Å². The Morgan fingerprint density at radius 3 is 3.20 bits per heavy atom. The minimum atomic E-state index is -0.467. The number of aromatic nitrogens is 3. The summed E-state index contributed by atoms with van der Waals surface area (Å²) in [5, 5.41) is 7.47. The summed E-state index contributed by atoms with van der Waals surface area (Å²) in [6.07, 6.45) is 1.52. The van der Waals surface area contributed by atoms with Crippen molar-refractivity contribution in [1.29, 1.82) is 0 Å². The number of nitrogens with one attached hydrogen (secondary N) is 1. The number of rotatable bonds is 2. The van der Waals surface area contributed by atoms with Gasteiger partial charge in [0.1, 0.15) is 5.15 Å². The molecular formula is C9H8ClN3O2. The van der Waals surface area contributed by atoms with Gasteiger partial charge in [-0.1, -0.05) is 11.6 Å². The Morgan fingerprint density at radius 1 is 1.67 bits per heavy atom. The fourth-order valence-corrected chi connectivity index (χ4v) is 1.40. The largest absolute Gasteiger partial charge is 0.461 e. The van der Waals surface area contributed by atoms with Gasteiger partial charge < -0.3 is 4.74 Å². The molecular weight excluding hydrogens is 218 g/mol. The first-order chi connectivity index (χ1) is 7.22. The number of esters is 1. The lowest BCUT2D eigenvalue weighted by atomic mass is 10.2. The molecule has 15 heavy (non-hydrogen) atoms. The van der Waals surface area contributed by atoms with Crippen LogP contribution in [0.2, 0.25) is 5.15 Å². The zero-order chi connectivity index (χ0) is 10.8. The highest BCUT2D eigenvalue weighted by atomic mass is 35.5. The van der Waals surface area contributed by atoms with Crippen molar-refractivity contribution in [2.24, 2.45) is 0 Å². The van der Waals surface area contributed by atoms with Gasteiger partial charge in [-0.25, -0.2) is 9.78 Å². The van der Waals surface area contributed by atoms with Crippen LogP contribution >= 0.6 is 11.6 Å². The van der Waals surface area contributed by atoms with Crippen LogP contribution in [0, 0.1) is 0 Å². The molecule has 6 heteroatoms. The first-order valence-corrected chi connectivity index (χ1v) is 4.77. The molecule has 0 aliphatic rings. The van der Waals surface area contributed by atoms with Crippen LogP contribution in [-0.4, -0.2) is 27.8 Å². The van der Waals surface area contributed by atoms with Gasteiger partial charge in [-0.15, -0.1) is 0 Å². The summed E-state index contributed by atoms with van der Waals surface area (Å²) in [5.74, 6) is -0.467. The highest BCUT2D eigenvalue weighted by Gasteiger charge is 2.15. The van der Waals surface area contributed by atoms with Gasteiger partial charge in [-0.05, 0) is 13.0 Å². The summed E-state index contributed by atoms with van der Waals surface area (Å²) in [4.78, 5) is 15.3. The van der Waals surface area contributed by atoms with Crippen molar-refractivity contribution < 1.29 is 9.53 Å². The smallest absolute Gasteiger partial charge is 0.359 e. The molecule has 0 unspecified atom stereocenters. The summed E-state index contributed by atoms with van der Waals surface area (Å²) in [6.45, 7) is 2.05. The normalized spacial score (nSPS) is 10.5. The van der Waals surface area contributed by atoms with Crippen molar-refractivity contribution in [3.05, 3.63) is 23.1 Å². The van der Waals surface area contributed by atoms with E-state index < -0.39 is 5.97 Å². The predicted octanol–water partition coefficient (Wildman–Crippen LogP) is 1.79. The van der Waals surface area contributed by atoms with E-state index >= 15 is 0 Å². The molecule has 5 nitrogen and oxygen atoms in total. The molecule has 2 aromatic rings. The molecule has 78 valence electrons. The number of nitrogens with zero attached hydrogens (tertiary/aromatic N) is 2. The highest BCUT2D eigenvalue weighted by Crippen LogP contribution is 2.18. The Bertz CT molecular complexity index is 509. The maximum atomic E-state index is 11.5. The molecule has 0 aromatic carbocycles. The van der Waals surface area contributed by atoms with E-state index in [0.717, 1.165) is 0 Å². The van der Waals surface area contributed by atoms with Gasteiger partial charge in [-0.2, -0.15) is 5.10 Å². The fraction of sp³-hybridized carbons (Fsp3) is 0.222. The summed E-state index contributed by atoms with van der Waals surface area (Å²) in [7, 11) is 0. The number of ether oxygens (including phenoxy) is 1. The average molecular weight is 226 g/mol. The van der Waals surface area contributed by atoms with Gasteiger partial charge in [0.25, 0.3) is 0 Å². The van der Waals surface area contributed by atoms with Crippen LogP contribution in [0.3, 0.4) is 0 Å². The summed E-state index contributed by atoms with van der Waals surface area (Å²) < 4.78 is 4.85. The molecule has 0 fully saturated rings. The molecule has 2 heterocycles. The monoisotopic (exact) mass is 225 g/mol. The number of carbonyl (C=O) groups is 1. The molecule has 0 aliphatic carbocycles. The van der Waals surface area contributed by atoms with Crippen LogP contribution in [-0.2, 0) is 4.74 Å². The highest BCUT2D eigenvalue weighted by molar-refractivity contribution is 6.30. The second-order valence-electron chi connectivity index (χ2n) is 2.85. The molecule has 0 atom stereocenters. The third-order valence-electron chi connectivity index (χ3n) is 1.88. The fourth-order valence-electron chi connectivity index (χ4n) is 1.25. The SMILES string of the molecule is CCOC(=O)c1n[nH]c2cnc(Cl)cc12. The standard InChI is InChI=1S/C9H8ClN3O2/c1-2-15-9(14)8-5-3-7(10)11-4-6(5)12-13-8/h3-4H,2H2,1H3,(H,12,13). The maximum Gasteiger partial charge on any atom is 0.359 e. The van der Waals surface area contributed by atoms with Crippen LogP contribution in [0.25, 0.3) is 10.9 Å². The average Bonchev–Trinajstić information content (AvgIpc) is 2.60. The van der Waals surface area contributed by atoms with Crippen LogP contribution in [0.4, 0.5) is 0 Å². The van der Waals surface area contributed by atoms with Crippen molar-refractivity contribution >= 4 is 28.5 Å². The molecule has 0 aliphatic heterocycles. The lowest BCUT2D eigenvalue weighted by molar-refractivity contribution is 0.0521. The van der Waals surface area contributed by atoms with Crippen LogP contribution in [0.5, 0.6) is 0 Å². The van der Waals surface area contributed by atoms with Gasteiger partial charge in [0, 0.05) is 5.39 Å². The van der Waals surface area contributed by atoms with Crippen molar-refractivity contribution in [2.75, 3.05) is 6.61 Å². The van der Waals surface area contributed by atoms with Crippen molar-refractivity contribution in [1.82, 2.24) is 15.2 Å². The minimum absolute atomic E-state index is 0.233. The zero-order valence-electron chi connectivity index (χ0n) is 7.95. The first-order valence-electron chi connectivity index (χ1n) is 4.39. The second-order valence-corrected chi connectivity index (χ2v) is 3.23. The van der Waals surface area contributed by atoms with Gasteiger partial charge in [0.05, 0.1) is 18.3 Å². The van der Waals surface area contributed by atoms with Crippen LogP contribution in [0.1, 0.15) is 17.4 Å². The van der Waals surface area contributed by atoms with Gasteiger partial charge >= 0.3 is 5.97 Å². The van der Waals surface area contributed by atoms with E-state index in [2.05, 4.69) is 15.2 Å². The molecule has 0 spiro atoms. The van der Waals surface area contributed by atoms with E-state index in [4.69, 9.17) is 16.3 Å². The number of fused-ring (bicyclic) bond motifs is 1. The molecule has 0 saturated heterocycles. The van der Waals surface area contributed by atoms with E-state index in [1.807, 2.05) is 0 Å². The van der Waals surface area contributed by atoms with E-state index in [1.165, 1.54) is 6.20 Å². The lowest BCUT2D eigenvalue weighted by Gasteiger charge is -1.97. The number of hydrogen-bond acceptors (Lipinski definition) is 4.